The van der Waals surface area contributed by atoms with Gasteiger partial charge in [-0.15, -0.1) is 0 Å². The Hall–Kier alpha value is -2.73. The number of hydrogen-bond donors (Lipinski definition) is 1. The summed E-state index contributed by atoms with van der Waals surface area (Å²) in [6.07, 6.45) is 0.497. The van der Waals surface area contributed by atoms with Crippen molar-refractivity contribution in [2.24, 2.45) is 5.16 Å². The van der Waals surface area contributed by atoms with Crippen molar-refractivity contribution in [3.05, 3.63) is 66.0 Å². The summed E-state index contributed by atoms with van der Waals surface area (Å²) in [5, 5.41) is 14.7. The van der Waals surface area contributed by atoms with Gasteiger partial charge in [-0.05, 0) is 17.7 Å². The summed E-state index contributed by atoms with van der Waals surface area (Å²) in [5.41, 5.74) is 0.0306. The third-order valence-electron chi connectivity index (χ3n) is 3.80. The average molecular weight is 312 g/mol. The molecule has 23 heavy (non-hydrogen) atoms. The van der Waals surface area contributed by atoms with Gasteiger partial charge in [-0.1, -0.05) is 41.6 Å². The van der Waals surface area contributed by atoms with E-state index in [-0.39, 0.29) is 6.42 Å². The highest BCUT2D eigenvalue weighted by Crippen LogP contribution is 2.38. The molecule has 6 heteroatoms. The van der Waals surface area contributed by atoms with Crippen LogP contribution < -0.4 is 0 Å². The number of methoxy groups -OCH3 is 1. The van der Waals surface area contributed by atoms with Crippen molar-refractivity contribution in [3.63, 3.8) is 0 Å². The van der Waals surface area contributed by atoms with Gasteiger partial charge in [0.25, 0.3) is 5.60 Å². The summed E-state index contributed by atoms with van der Waals surface area (Å²) in [4.78, 5) is 21.9. The molecule has 2 unspecified atom stereocenters. The Labute approximate surface area is 133 Å². The van der Waals surface area contributed by atoms with E-state index in [1.807, 2.05) is 12.1 Å². The molecule has 1 aliphatic rings. The molecule has 1 aromatic carbocycles. The Morgan fingerprint density at radius 1 is 1.26 bits per heavy atom. The maximum absolute atomic E-state index is 12.3. The Morgan fingerprint density at radius 2 is 2.00 bits per heavy atom. The number of carbonyl (C=O) groups excluding carboxylic acids is 1. The van der Waals surface area contributed by atoms with Crippen molar-refractivity contribution in [2.75, 3.05) is 7.11 Å². The van der Waals surface area contributed by atoms with Gasteiger partial charge in [0.15, 0.2) is 0 Å². The second-order valence-corrected chi connectivity index (χ2v) is 5.22. The molecule has 118 valence electrons. The average Bonchev–Trinajstić information content (AvgIpc) is 3.08. The molecule has 0 spiro atoms. The lowest BCUT2D eigenvalue weighted by Gasteiger charge is -2.28. The van der Waals surface area contributed by atoms with Gasteiger partial charge in [-0.2, -0.15) is 0 Å². The van der Waals surface area contributed by atoms with Crippen molar-refractivity contribution < 1.29 is 19.5 Å². The van der Waals surface area contributed by atoms with Crippen LogP contribution in [-0.4, -0.2) is 34.5 Å². The summed E-state index contributed by atoms with van der Waals surface area (Å²) in [5.74, 6) is -0.677. The minimum absolute atomic E-state index is 0.0761. The predicted octanol–water partition coefficient (Wildman–Crippen LogP) is 1.85. The van der Waals surface area contributed by atoms with E-state index in [0.717, 1.165) is 0 Å². The van der Waals surface area contributed by atoms with Crippen molar-refractivity contribution in [1.29, 1.82) is 0 Å². The highest BCUT2D eigenvalue weighted by atomic mass is 16.7. The zero-order valence-corrected chi connectivity index (χ0v) is 12.5. The number of aliphatic hydroxyl groups is 1. The first-order chi connectivity index (χ1) is 11.2. The first-order valence-corrected chi connectivity index (χ1v) is 7.15. The van der Waals surface area contributed by atoms with E-state index in [0.29, 0.717) is 17.0 Å². The molecule has 1 N–H and O–H groups in total. The summed E-state index contributed by atoms with van der Waals surface area (Å²) in [7, 11) is 1.25. The van der Waals surface area contributed by atoms with Crippen molar-refractivity contribution in [1.82, 2.24) is 4.98 Å². The van der Waals surface area contributed by atoms with Crippen LogP contribution in [0.5, 0.6) is 0 Å². The van der Waals surface area contributed by atoms with Crippen LogP contribution in [0.4, 0.5) is 0 Å². The molecule has 2 aromatic rings. The smallest absolute Gasteiger partial charge is 0.356 e. The highest BCUT2D eigenvalue weighted by molar-refractivity contribution is 6.03. The van der Waals surface area contributed by atoms with Crippen LogP contribution in [0.2, 0.25) is 0 Å². The van der Waals surface area contributed by atoms with Crippen LogP contribution in [0.3, 0.4) is 0 Å². The minimum Gasteiger partial charge on any atom is -0.466 e. The van der Waals surface area contributed by atoms with Crippen LogP contribution in [0, 0.1) is 0 Å². The molecule has 2 atom stereocenters. The van der Waals surface area contributed by atoms with Gasteiger partial charge in [0, 0.05) is 6.20 Å². The van der Waals surface area contributed by atoms with Crippen LogP contribution in [0.1, 0.15) is 23.8 Å². The fourth-order valence-corrected chi connectivity index (χ4v) is 2.57. The molecule has 0 amide bonds. The molecule has 3 rings (SSSR count). The summed E-state index contributed by atoms with van der Waals surface area (Å²) >= 11 is 0. The van der Waals surface area contributed by atoms with E-state index in [2.05, 4.69) is 10.1 Å². The number of nitrogens with zero attached hydrogens (tertiary/aromatic N) is 2. The van der Waals surface area contributed by atoms with Crippen LogP contribution in [-0.2, 0) is 14.4 Å². The fourth-order valence-electron chi connectivity index (χ4n) is 2.57. The molecule has 0 radical (unpaired) electrons. The van der Waals surface area contributed by atoms with Gasteiger partial charge in [-0.3, -0.25) is 4.98 Å². The number of rotatable bonds is 4. The first-order valence-electron chi connectivity index (χ1n) is 7.15. The lowest BCUT2D eigenvalue weighted by atomic mass is 9.86. The number of hydrogen-bond acceptors (Lipinski definition) is 6. The topological polar surface area (TPSA) is 81.0 Å². The number of aromatic nitrogens is 1. The molecular weight excluding hydrogens is 296 g/mol. The maximum Gasteiger partial charge on any atom is 0.356 e. The van der Waals surface area contributed by atoms with Gasteiger partial charge in [0.2, 0.25) is 0 Å². The van der Waals surface area contributed by atoms with Crippen molar-refractivity contribution in [2.45, 2.75) is 18.1 Å². The zero-order chi connectivity index (χ0) is 16.3. The van der Waals surface area contributed by atoms with E-state index < -0.39 is 17.7 Å². The summed E-state index contributed by atoms with van der Waals surface area (Å²) in [6.45, 7) is 0. The molecule has 0 aliphatic carbocycles. The van der Waals surface area contributed by atoms with E-state index >= 15 is 0 Å². The normalized spacial score (nSPS) is 21.2. The van der Waals surface area contributed by atoms with Gasteiger partial charge in [-0.25, -0.2) is 4.79 Å². The Kier molecular flexibility index (Phi) is 4.08. The van der Waals surface area contributed by atoms with Gasteiger partial charge >= 0.3 is 5.97 Å². The largest absolute Gasteiger partial charge is 0.466 e. The maximum atomic E-state index is 12.3. The molecule has 0 saturated carbocycles. The predicted molar refractivity (Wildman–Crippen MR) is 82.6 cm³/mol. The van der Waals surface area contributed by atoms with Gasteiger partial charge in [0.1, 0.15) is 11.8 Å². The fraction of sp³-hybridized carbons (Fsp3) is 0.235. The SMILES string of the molecule is COC(=O)C1(C(O)c2ccccc2)CC(c2ccccn2)=NO1. The molecule has 1 aliphatic heterocycles. The van der Waals surface area contributed by atoms with Crippen molar-refractivity contribution in [3.8, 4) is 0 Å². The van der Waals surface area contributed by atoms with E-state index in [1.54, 1.807) is 42.6 Å². The number of carbonyl (C=O) groups is 1. The molecule has 0 bridgehead atoms. The lowest BCUT2D eigenvalue weighted by Crippen LogP contribution is -2.46. The quantitative estimate of drug-likeness (QED) is 0.871. The second kappa shape index (κ2) is 6.18. The number of pyridine rings is 1. The van der Waals surface area contributed by atoms with Crippen LogP contribution in [0.15, 0.2) is 59.9 Å². The Balaban J connectivity index is 1.94. The minimum atomic E-state index is -1.61. The zero-order valence-electron chi connectivity index (χ0n) is 12.5. The number of benzene rings is 1. The first kappa shape index (κ1) is 15.2. The van der Waals surface area contributed by atoms with Crippen LogP contribution in [0.25, 0.3) is 0 Å². The van der Waals surface area contributed by atoms with Crippen LogP contribution >= 0.6 is 0 Å². The standard InChI is InChI=1S/C17H16N2O4/c1-22-16(21)17(15(20)12-7-3-2-4-8-12)11-14(19-23-17)13-9-5-6-10-18-13/h2-10,15,20H,11H2,1H3. The van der Waals surface area contributed by atoms with E-state index in [1.165, 1.54) is 7.11 Å². The Morgan fingerprint density at radius 3 is 2.65 bits per heavy atom. The molecule has 6 nitrogen and oxygen atoms in total. The summed E-state index contributed by atoms with van der Waals surface area (Å²) < 4.78 is 4.85. The third-order valence-corrected chi connectivity index (χ3v) is 3.80. The third kappa shape index (κ3) is 2.68. The molecule has 2 heterocycles. The molecule has 1 aromatic heterocycles. The molecule has 0 saturated heterocycles. The lowest BCUT2D eigenvalue weighted by molar-refractivity contribution is -0.182. The number of ether oxygens (including phenoxy) is 1. The van der Waals surface area contributed by atoms with Gasteiger partial charge in [0.05, 0.1) is 19.2 Å². The Bertz CT molecular complexity index is 718. The molecule has 0 fully saturated rings. The van der Waals surface area contributed by atoms with E-state index in [4.69, 9.17) is 9.57 Å². The monoisotopic (exact) mass is 312 g/mol. The molecular formula is C17H16N2O4. The van der Waals surface area contributed by atoms with Gasteiger partial charge < -0.3 is 14.7 Å². The van der Waals surface area contributed by atoms with E-state index in [9.17, 15) is 9.90 Å². The second-order valence-electron chi connectivity index (χ2n) is 5.22. The highest BCUT2D eigenvalue weighted by Gasteiger charge is 2.54. The van der Waals surface area contributed by atoms with Crippen molar-refractivity contribution >= 4 is 11.7 Å². The number of aliphatic hydroxyl groups excluding tert-OH is 1. The number of oxime groups is 1. The summed E-state index contributed by atoms with van der Waals surface area (Å²) in [6, 6.07) is 14.2. The number of esters is 1.